The van der Waals surface area contributed by atoms with Crippen molar-refractivity contribution in [3.63, 3.8) is 0 Å². The molecule has 1 aliphatic heterocycles. The van der Waals surface area contributed by atoms with Gasteiger partial charge in [0.2, 0.25) is 0 Å². The predicted molar refractivity (Wildman–Crippen MR) is 91.7 cm³/mol. The SMILES string of the molecule is CCc1ccc(C(CC)N2CC(CC)NCC2CC)cc1. The monoisotopic (exact) mass is 288 g/mol. The van der Waals surface area contributed by atoms with Crippen molar-refractivity contribution >= 4 is 0 Å². The van der Waals surface area contributed by atoms with Crippen LogP contribution in [0.1, 0.15) is 64.1 Å². The Kier molecular flexibility index (Phi) is 6.25. The Bertz CT molecular complexity index is 412. The van der Waals surface area contributed by atoms with E-state index in [1.807, 2.05) is 0 Å². The molecule has 0 spiro atoms. The summed E-state index contributed by atoms with van der Waals surface area (Å²) in [6.07, 6.45) is 4.77. The average Bonchev–Trinajstić information content (AvgIpc) is 2.56. The number of hydrogen-bond acceptors (Lipinski definition) is 2. The summed E-state index contributed by atoms with van der Waals surface area (Å²) in [5.74, 6) is 0. The van der Waals surface area contributed by atoms with E-state index in [9.17, 15) is 0 Å². The molecular weight excluding hydrogens is 256 g/mol. The Hall–Kier alpha value is -0.860. The fourth-order valence-electron chi connectivity index (χ4n) is 3.56. The van der Waals surface area contributed by atoms with Crippen molar-refractivity contribution in [3.05, 3.63) is 35.4 Å². The lowest BCUT2D eigenvalue weighted by Gasteiger charge is -2.44. The van der Waals surface area contributed by atoms with Gasteiger partial charge in [-0.3, -0.25) is 4.90 Å². The molecule has 1 aromatic carbocycles. The van der Waals surface area contributed by atoms with Crippen LogP contribution in [0.25, 0.3) is 0 Å². The van der Waals surface area contributed by atoms with Crippen LogP contribution in [-0.4, -0.2) is 30.1 Å². The molecule has 118 valence electrons. The van der Waals surface area contributed by atoms with Gasteiger partial charge in [0, 0.05) is 31.2 Å². The van der Waals surface area contributed by atoms with Crippen LogP contribution in [0.3, 0.4) is 0 Å². The molecule has 1 aromatic rings. The summed E-state index contributed by atoms with van der Waals surface area (Å²) in [5.41, 5.74) is 2.93. The summed E-state index contributed by atoms with van der Waals surface area (Å²) in [7, 11) is 0. The van der Waals surface area contributed by atoms with Gasteiger partial charge in [-0.1, -0.05) is 52.0 Å². The smallest absolute Gasteiger partial charge is 0.0349 e. The van der Waals surface area contributed by atoms with Gasteiger partial charge in [0.15, 0.2) is 0 Å². The van der Waals surface area contributed by atoms with Gasteiger partial charge in [-0.05, 0) is 36.8 Å². The maximum absolute atomic E-state index is 3.71. The molecule has 2 rings (SSSR count). The van der Waals surface area contributed by atoms with E-state index in [0.717, 1.165) is 13.0 Å². The lowest BCUT2D eigenvalue weighted by Crippen LogP contribution is -2.56. The molecule has 0 aliphatic carbocycles. The highest BCUT2D eigenvalue weighted by molar-refractivity contribution is 5.25. The maximum Gasteiger partial charge on any atom is 0.0349 e. The van der Waals surface area contributed by atoms with Gasteiger partial charge in [-0.15, -0.1) is 0 Å². The minimum absolute atomic E-state index is 0.567. The number of hydrogen-bond donors (Lipinski definition) is 1. The van der Waals surface area contributed by atoms with Gasteiger partial charge in [0.25, 0.3) is 0 Å². The van der Waals surface area contributed by atoms with Gasteiger partial charge in [0.05, 0.1) is 0 Å². The summed E-state index contributed by atoms with van der Waals surface area (Å²) in [4.78, 5) is 2.76. The van der Waals surface area contributed by atoms with Crippen LogP contribution in [-0.2, 0) is 6.42 Å². The van der Waals surface area contributed by atoms with Gasteiger partial charge in [-0.25, -0.2) is 0 Å². The van der Waals surface area contributed by atoms with Gasteiger partial charge in [0.1, 0.15) is 0 Å². The average molecular weight is 288 g/mol. The van der Waals surface area contributed by atoms with Crippen molar-refractivity contribution in [2.75, 3.05) is 13.1 Å². The number of aryl methyl sites for hydroxylation is 1. The Labute approximate surface area is 130 Å². The second-order valence-electron chi connectivity index (χ2n) is 6.29. The van der Waals surface area contributed by atoms with Crippen molar-refractivity contribution < 1.29 is 0 Å². The van der Waals surface area contributed by atoms with Crippen molar-refractivity contribution in [1.82, 2.24) is 10.2 Å². The molecular formula is C19H32N2. The molecule has 1 aliphatic rings. The van der Waals surface area contributed by atoms with Crippen LogP contribution < -0.4 is 5.32 Å². The number of nitrogens with zero attached hydrogens (tertiary/aromatic N) is 1. The molecule has 1 heterocycles. The molecule has 2 heteroatoms. The van der Waals surface area contributed by atoms with Crippen LogP contribution >= 0.6 is 0 Å². The molecule has 0 bridgehead atoms. The number of piperazine rings is 1. The highest BCUT2D eigenvalue weighted by atomic mass is 15.3. The van der Waals surface area contributed by atoms with Crippen molar-refractivity contribution in [2.45, 2.75) is 71.5 Å². The summed E-state index contributed by atoms with van der Waals surface area (Å²) in [5, 5.41) is 3.71. The van der Waals surface area contributed by atoms with Gasteiger partial charge in [-0.2, -0.15) is 0 Å². The van der Waals surface area contributed by atoms with Crippen molar-refractivity contribution in [2.24, 2.45) is 0 Å². The summed E-state index contributed by atoms with van der Waals surface area (Å²) < 4.78 is 0. The first-order valence-electron chi connectivity index (χ1n) is 8.81. The van der Waals surface area contributed by atoms with E-state index < -0.39 is 0 Å². The molecule has 21 heavy (non-hydrogen) atoms. The zero-order valence-electron chi connectivity index (χ0n) is 14.2. The van der Waals surface area contributed by atoms with E-state index in [1.165, 1.54) is 36.9 Å². The fraction of sp³-hybridized carbons (Fsp3) is 0.684. The lowest BCUT2D eigenvalue weighted by molar-refractivity contribution is 0.0748. The molecule has 3 atom stereocenters. The largest absolute Gasteiger partial charge is 0.311 e. The molecule has 0 amide bonds. The third kappa shape index (κ3) is 3.87. The Morgan fingerprint density at radius 1 is 1.10 bits per heavy atom. The van der Waals surface area contributed by atoms with E-state index >= 15 is 0 Å². The maximum atomic E-state index is 3.71. The van der Waals surface area contributed by atoms with Crippen LogP contribution in [0.5, 0.6) is 0 Å². The number of benzene rings is 1. The van der Waals surface area contributed by atoms with E-state index in [1.54, 1.807) is 0 Å². The van der Waals surface area contributed by atoms with E-state index in [4.69, 9.17) is 0 Å². The fourth-order valence-corrected chi connectivity index (χ4v) is 3.56. The predicted octanol–water partition coefficient (Wildman–Crippen LogP) is 4.16. The molecule has 0 aromatic heterocycles. The zero-order chi connectivity index (χ0) is 15.2. The minimum Gasteiger partial charge on any atom is -0.311 e. The van der Waals surface area contributed by atoms with E-state index in [-0.39, 0.29) is 0 Å². The van der Waals surface area contributed by atoms with Gasteiger partial charge >= 0.3 is 0 Å². The molecule has 0 radical (unpaired) electrons. The van der Waals surface area contributed by atoms with E-state index in [2.05, 4.69) is 62.2 Å². The van der Waals surface area contributed by atoms with Crippen LogP contribution in [0, 0.1) is 0 Å². The summed E-state index contributed by atoms with van der Waals surface area (Å²) >= 11 is 0. The van der Waals surface area contributed by atoms with Crippen molar-refractivity contribution in [3.8, 4) is 0 Å². The first kappa shape index (κ1) is 16.5. The second-order valence-corrected chi connectivity index (χ2v) is 6.29. The van der Waals surface area contributed by atoms with Crippen LogP contribution in [0.2, 0.25) is 0 Å². The zero-order valence-corrected chi connectivity index (χ0v) is 14.2. The Morgan fingerprint density at radius 2 is 1.81 bits per heavy atom. The second kappa shape index (κ2) is 7.95. The van der Waals surface area contributed by atoms with E-state index in [0.29, 0.717) is 18.1 Å². The van der Waals surface area contributed by atoms with Crippen LogP contribution in [0.4, 0.5) is 0 Å². The van der Waals surface area contributed by atoms with Crippen LogP contribution in [0.15, 0.2) is 24.3 Å². The Morgan fingerprint density at radius 3 is 2.33 bits per heavy atom. The first-order chi connectivity index (χ1) is 10.2. The summed E-state index contributed by atoms with van der Waals surface area (Å²) in [6, 6.07) is 11.2. The number of rotatable bonds is 6. The molecule has 2 nitrogen and oxygen atoms in total. The quantitative estimate of drug-likeness (QED) is 0.845. The minimum atomic E-state index is 0.567. The lowest BCUT2D eigenvalue weighted by atomic mass is 9.95. The third-order valence-corrected chi connectivity index (χ3v) is 5.07. The highest BCUT2D eigenvalue weighted by Crippen LogP contribution is 2.29. The standard InChI is InChI=1S/C19H32N2/c1-5-15-9-11-16(12-10-15)19(8-4)21-14-17(6-2)20-13-18(21)7-3/h9-12,17-20H,5-8,13-14H2,1-4H3. The third-order valence-electron chi connectivity index (χ3n) is 5.07. The Balaban J connectivity index is 2.19. The molecule has 3 unspecified atom stereocenters. The molecule has 1 saturated heterocycles. The molecule has 1 N–H and O–H groups in total. The highest BCUT2D eigenvalue weighted by Gasteiger charge is 2.31. The van der Waals surface area contributed by atoms with Gasteiger partial charge < -0.3 is 5.32 Å². The molecule has 0 saturated carbocycles. The summed E-state index contributed by atoms with van der Waals surface area (Å²) in [6.45, 7) is 11.5. The molecule has 1 fully saturated rings. The number of nitrogens with one attached hydrogen (secondary N) is 1. The first-order valence-corrected chi connectivity index (χ1v) is 8.81. The van der Waals surface area contributed by atoms with Crippen molar-refractivity contribution in [1.29, 1.82) is 0 Å². The normalized spacial score (nSPS) is 25.0. The topological polar surface area (TPSA) is 15.3 Å².